The van der Waals surface area contributed by atoms with E-state index in [9.17, 15) is 21.6 Å². The number of hydrogen-bond donors (Lipinski definition) is 0. The van der Waals surface area contributed by atoms with Crippen LogP contribution in [0.2, 0.25) is 0 Å². The molecule has 1 fully saturated rings. The summed E-state index contributed by atoms with van der Waals surface area (Å²) in [5, 5.41) is 4.13. The van der Waals surface area contributed by atoms with Gasteiger partial charge >= 0.3 is 6.18 Å². The summed E-state index contributed by atoms with van der Waals surface area (Å²) in [5.74, 6) is 0. The van der Waals surface area contributed by atoms with E-state index in [0.717, 1.165) is 23.3 Å². The number of sulfonamides is 1. The van der Waals surface area contributed by atoms with Crippen molar-refractivity contribution in [3.8, 4) is 11.3 Å². The van der Waals surface area contributed by atoms with Gasteiger partial charge in [0.05, 0.1) is 17.5 Å². The molecule has 0 amide bonds. The maximum absolute atomic E-state index is 13.1. The van der Waals surface area contributed by atoms with Gasteiger partial charge < -0.3 is 4.90 Å². The minimum Gasteiger partial charge on any atom is -0.301 e. The number of likely N-dealkylation sites (N-methyl/N-ethyl adjacent to an activating group) is 1. The predicted octanol–water partition coefficient (Wildman–Crippen LogP) is 2.14. The number of rotatable bonds is 4. The third-order valence-electron chi connectivity index (χ3n) is 5.08. The number of imidazole rings is 1. The number of alkyl halides is 3. The zero-order valence-electron chi connectivity index (χ0n) is 16.0. The molecule has 4 rings (SSSR count). The van der Waals surface area contributed by atoms with Gasteiger partial charge in [-0.15, -0.1) is 0 Å². The number of fused-ring (bicyclic) bond motifs is 1. The first-order chi connectivity index (χ1) is 14.2. The van der Waals surface area contributed by atoms with Gasteiger partial charge in [-0.05, 0) is 24.7 Å². The van der Waals surface area contributed by atoms with Crippen LogP contribution in [-0.4, -0.2) is 69.9 Å². The fourth-order valence-electron chi connectivity index (χ4n) is 3.34. The molecular weight excluding hydrogens is 421 g/mol. The topological polar surface area (TPSA) is 83.7 Å². The lowest BCUT2D eigenvalue weighted by atomic mass is 10.1. The Kier molecular flexibility index (Phi) is 5.24. The quantitative estimate of drug-likeness (QED) is 0.618. The van der Waals surface area contributed by atoms with E-state index < -0.39 is 21.8 Å². The number of nitrogens with zero attached hydrogens (tertiary/aromatic N) is 6. The summed E-state index contributed by atoms with van der Waals surface area (Å²) in [5.41, 5.74) is -0.342. The number of hydrogen-bond acceptors (Lipinski definition) is 6. The van der Waals surface area contributed by atoms with E-state index in [2.05, 4.69) is 20.0 Å². The maximum atomic E-state index is 13.1. The number of aromatic nitrogens is 4. The van der Waals surface area contributed by atoms with Crippen LogP contribution >= 0.6 is 0 Å². The van der Waals surface area contributed by atoms with Crippen LogP contribution in [0.1, 0.15) is 12.5 Å². The van der Waals surface area contributed by atoms with Gasteiger partial charge in [-0.3, -0.25) is 4.98 Å². The van der Waals surface area contributed by atoms with Crippen molar-refractivity contribution in [3.05, 3.63) is 42.4 Å². The molecule has 0 saturated carbocycles. The summed E-state index contributed by atoms with van der Waals surface area (Å²) >= 11 is 0. The molecule has 1 aliphatic rings. The molecule has 160 valence electrons. The second kappa shape index (κ2) is 7.60. The molecule has 0 N–H and O–H groups in total. The Morgan fingerprint density at radius 2 is 1.80 bits per heavy atom. The van der Waals surface area contributed by atoms with Gasteiger partial charge in [-0.1, -0.05) is 6.92 Å². The molecule has 0 aliphatic carbocycles. The molecule has 0 radical (unpaired) electrons. The van der Waals surface area contributed by atoms with E-state index in [4.69, 9.17) is 0 Å². The van der Waals surface area contributed by atoms with Crippen LogP contribution in [0, 0.1) is 0 Å². The highest BCUT2D eigenvalue weighted by atomic mass is 32.2. The van der Waals surface area contributed by atoms with E-state index >= 15 is 0 Å². The van der Waals surface area contributed by atoms with Crippen molar-refractivity contribution < 1.29 is 21.6 Å². The fourth-order valence-corrected chi connectivity index (χ4v) is 4.78. The fraction of sp³-hybridized carbons (Fsp3) is 0.389. The minimum absolute atomic E-state index is 0.121. The normalized spacial score (nSPS) is 16.9. The highest BCUT2D eigenvalue weighted by Gasteiger charge is 2.32. The van der Waals surface area contributed by atoms with Crippen LogP contribution in [0.3, 0.4) is 0 Å². The van der Waals surface area contributed by atoms with Crippen LogP contribution in [0.5, 0.6) is 0 Å². The van der Waals surface area contributed by atoms with E-state index in [1.54, 1.807) is 0 Å². The summed E-state index contributed by atoms with van der Waals surface area (Å²) < 4.78 is 67.8. The second-order valence-electron chi connectivity index (χ2n) is 6.88. The average molecular weight is 440 g/mol. The molecule has 0 aromatic carbocycles. The van der Waals surface area contributed by atoms with E-state index in [0.29, 0.717) is 26.2 Å². The van der Waals surface area contributed by atoms with E-state index in [-0.39, 0.29) is 21.9 Å². The van der Waals surface area contributed by atoms with Gasteiger partial charge in [0.15, 0.2) is 10.7 Å². The Balaban J connectivity index is 1.72. The van der Waals surface area contributed by atoms with Crippen LogP contribution in [0.25, 0.3) is 16.9 Å². The van der Waals surface area contributed by atoms with Crippen LogP contribution in [-0.2, 0) is 16.2 Å². The Morgan fingerprint density at radius 3 is 2.47 bits per heavy atom. The third-order valence-corrected chi connectivity index (χ3v) is 6.93. The van der Waals surface area contributed by atoms with Crippen molar-refractivity contribution in [3.63, 3.8) is 0 Å². The predicted molar refractivity (Wildman–Crippen MR) is 102 cm³/mol. The Hall–Kier alpha value is -2.57. The van der Waals surface area contributed by atoms with Crippen molar-refractivity contribution in [2.45, 2.75) is 18.1 Å². The van der Waals surface area contributed by atoms with Crippen molar-refractivity contribution in [2.75, 3.05) is 32.7 Å². The summed E-state index contributed by atoms with van der Waals surface area (Å²) in [6.07, 6.45) is -1.35. The highest BCUT2D eigenvalue weighted by Crippen LogP contribution is 2.31. The monoisotopic (exact) mass is 440 g/mol. The standard InChI is InChI=1S/C18H19F3N6O2S/c1-2-25-5-7-26(8-6-25)30(28,29)17-12-23-16-4-3-15(24-27(16)17)13-9-14(11-22-10-13)18(19,20)21/h3-4,9-12H,2,5-8H2,1H3. The summed E-state index contributed by atoms with van der Waals surface area (Å²) in [6, 6.07) is 3.92. The molecule has 30 heavy (non-hydrogen) atoms. The molecular formula is C18H19F3N6O2S. The zero-order chi connectivity index (χ0) is 21.5. The van der Waals surface area contributed by atoms with E-state index in [1.165, 1.54) is 28.8 Å². The van der Waals surface area contributed by atoms with Gasteiger partial charge in [0.1, 0.15) is 0 Å². The van der Waals surface area contributed by atoms with Gasteiger partial charge in [0.25, 0.3) is 10.0 Å². The molecule has 0 spiro atoms. The number of halogens is 3. The molecule has 3 aromatic rings. The van der Waals surface area contributed by atoms with Crippen LogP contribution in [0.4, 0.5) is 13.2 Å². The maximum Gasteiger partial charge on any atom is 0.417 e. The van der Waals surface area contributed by atoms with Crippen molar-refractivity contribution in [1.82, 2.24) is 28.8 Å². The lowest BCUT2D eigenvalue weighted by Crippen LogP contribution is -2.48. The van der Waals surface area contributed by atoms with Gasteiger partial charge in [0.2, 0.25) is 0 Å². The first kappa shape index (κ1) is 20.7. The molecule has 0 bridgehead atoms. The number of pyridine rings is 1. The third kappa shape index (κ3) is 3.77. The zero-order valence-corrected chi connectivity index (χ0v) is 16.9. The summed E-state index contributed by atoms with van der Waals surface area (Å²) in [6.45, 7) is 4.81. The first-order valence-corrected chi connectivity index (χ1v) is 10.7. The van der Waals surface area contributed by atoms with Crippen LogP contribution in [0.15, 0.2) is 41.8 Å². The molecule has 4 heterocycles. The molecule has 1 aliphatic heterocycles. The Bertz CT molecular complexity index is 1170. The van der Waals surface area contributed by atoms with Gasteiger partial charge in [-0.25, -0.2) is 17.9 Å². The second-order valence-corrected chi connectivity index (χ2v) is 8.77. The lowest BCUT2D eigenvalue weighted by molar-refractivity contribution is -0.137. The molecule has 8 nitrogen and oxygen atoms in total. The number of piperazine rings is 1. The van der Waals surface area contributed by atoms with Crippen molar-refractivity contribution >= 4 is 15.7 Å². The summed E-state index contributed by atoms with van der Waals surface area (Å²) in [4.78, 5) is 9.88. The average Bonchev–Trinajstić information content (AvgIpc) is 3.17. The van der Waals surface area contributed by atoms with Gasteiger partial charge in [-0.2, -0.15) is 22.6 Å². The molecule has 3 aromatic heterocycles. The van der Waals surface area contributed by atoms with Crippen LogP contribution < -0.4 is 0 Å². The Morgan fingerprint density at radius 1 is 1.07 bits per heavy atom. The van der Waals surface area contributed by atoms with Crippen molar-refractivity contribution in [2.24, 2.45) is 0 Å². The first-order valence-electron chi connectivity index (χ1n) is 9.30. The molecule has 0 atom stereocenters. The van der Waals surface area contributed by atoms with Gasteiger partial charge in [0, 0.05) is 44.1 Å². The minimum atomic E-state index is -4.54. The lowest BCUT2D eigenvalue weighted by Gasteiger charge is -2.32. The SMILES string of the molecule is CCN1CCN(S(=O)(=O)c2cnc3ccc(-c4cncc(C(F)(F)F)c4)nn23)CC1. The van der Waals surface area contributed by atoms with Crippen molar-refractivity contribution in [1.29, 1.82) is 0 Å². The molecule has 1 saturated heterocycles. The molecule has 0 unspecified atom stereocenters. The molecule has 12 heteroatoms. The largest absolute Gasteiger partial charge is 0.417 e. The van der Waals surface area contributed by atoms with E-state index in [1.807, 2.05) is 6.92 Å². The smallest absolute Gasteiger partial charge is 0.301 e. The Labute approximate surface area is 171 Å². The highest BCUT2D eigenvalue weighted by molar-refractivity contribution is 7.89. The summed E-state index contributed by atoms with van der Waals surface area (Å²) in [7, 11) is -3.86.